The van der Waals surface area contributed by atoms with Crippen LogP contribution in [0, 0.1) is 11.8 Å². The quantitative estimate of drug-likeness (QED) is 0.826. The molecule has 0 aromatic heterocycles. The Morgan fingerprint density at radius 3 is 2.68 bits per heavy atom. The first-order valence-electron chi connectivity index (χ1n) is 7.57. The van der Waals surface area contributed by atoms with Crippen LogP contribution in [0.3, 0.4) is 0 Å². The second kappa shape index (κ2) is 5.51. The first kappa shape index (κ1) is 14.4. The molecule has 2 aliphatic rings. The number of hydrogen-bond donors (Lipinski definition) is 1. The summed E-state index contributed by atoms with van der Waals surface area (Å²) in [5, 5.41) is 2.97. The van der Waals surface area contributed by atoms with Crippen LogP contribution in [0.5, 0.6) is 0 Å². The van der Waals surface area contributed by atoms with E-state index in [1.165, 1.54) is 0 Å². The van der Waals surface area contributed by atoms with Crippen LogP contribution in [0.2, 0.25) is 0 Å². The van der Waals surface area contributed by atoms with Crippen molar-refractivity contribution in [2.45, 2.75) is 58.4 Å². The summed E-state index contributed by atoms with van der Waals surface area (Å²) >= 11 is 0. The van der Waals surface area contributed by atoms with Gasteiger partial charge in [-0.25, -0.2) is 0 Å². The van der Waals surface area contributed by atoms with Gasteiger partial charge >= 0.3 is 0 Å². The second-order valence-electron chi connectivity index (χ2n) is 6.42. The summed E-state index contributed by atoms with van der Waals surface area (Å²) in [7, 11) is 0. The minimum absolute atomic E-state index is 0.0217. The van der Waals surface area contributed by atoms with Crippen molar-refractivity contribution < 1.29 is 9.59 Å². The second-order valence-corrected chi connectivity index (χ2v) is 6.42. The summed E-state index contributed by atoms with van der Waals surface area (Å²) in [5.74, 6) is 0.994. The van der Waals surface area contributed by atoms with E-state index < -0.39 is 5.54 Å². The molecule has 0 aromatic rings. The largest absolute Gasteiger partial charge is 0.342 e. The highest BCUT2D eigenvalue weighted by molar-refractivity contribution is 5.93. The first-order chi connectivity index (χ1) is 8.97. The maximum absolute atomic E-state index is 12.7. The summed E-state index contributed by atoms with van der Waals surface area (Å²) in [5.41, 5.74) is -0.653. The fourth-order valence-electron chi connectivity index (χ4n) is 3.14. The van der Waals surface area contributed by atoms with E-state index in [1.54, 1.807) is 0 Å². The molecule has 2 amide bonds. The number of rotatable bonds is 5. The number of hydrogen-bond acceptors (Lipinski definition) is 2. The van der Waals surface area contributed by atoms with Crippen LogP contribution in [0.15, 0.2) is 0 Å². The minimum Gasteiger partial charge on any atom is -0.342 e. The topological polar surface area (TPSA) is 49.4 Å². The van der Waals surface area contributed by atoms with Gasteiger partial charge in [0.15, 0.2) is 0 Å². The van der Waals surface area contributed by atoms with Crippen LogP contribution in [0.4, 0.5) is 0 Å². The lowest BCUT2D eigenvalue weighted by Gasteiger charge is -2.33. The molecule has 1 aliphatic heterocycles. The van der Waals surface area contributed by atoms with Crippen LogP contribution < -0.4 is 5.32 Å². The molecule has 1 N–H and O–H groups in total. The zero-order chi connectivity index (χ0) is 14.0. The summed E-state index contributed by atoms with van der Waals surface area (Å²) in [6.07, 6.45) is 4.82. The third kappa shape index (κ3) is 3.10. The normalized spacial score (nSPS) is 29.9. The number of carbonyl (C=O) groups is 2. The molecule has 1 saturated carbocycles. The van der Waals surface area contributed by atoms with Crippen molar-refractivity contribution in [1.82, 2.24) is 10.2 Å². The highest BCUT2D eigenvalue weighted by atomic mass is 16.2. The van der Waals surface area contributed by atoms with Gasteiger partial charge in [0.2, 0.25) is 11.8 Å². The van der Waals surface area contributed by atoms with Gasteiger partial charge in [-0.3, -0.25) is 9.59 Å². The fraction of sp³-hybridized carbons (Fsp3) is 0.867. The third-order valence-electron chi connectivity index (χ3n) is 4.45. The summed E-state index contributed by atoms with van der Waals surface area (Å²) in [6.45, 7) is 7.62. The van der Waals surface area contributed by atoms with Crippen molar-refractivity contribution in [2.75, 3.05) is 13.1 Å². The van der Waals surface area contributed by atoms with Gasteiger partial charge in [-0.1, -0.05) is 20.3 Å². The molecule has 0 bridgehead atoms. The van der Waals surface area contributed by atoms with Crippen molar-refractivity contribution in [3.63, 3.8) is 0 Å². The summed E-state index contributed by atoms with van der Waals surface area (Å²) < 4.78 is 0. The van der Waals surface area contributed by atoms with Crippen LogP contribution in [0.25, 0.3) is 0 Å². The Labute approximate surface area is 115 Å². The average molecular weight is 266 g/mol. The SMILES string of the molecule is CCCC(C)CN1CCC(=O)NC(C)(C2CC2)C1=O. The Kier molecular flexibility index (Phi) is 4.16. The molecule has 2 rings (SSSR count). The maximum Gasteiger partial charge on any atom is 0.248 e. The van der Waals surface area contributed by atoms with Gasteiger partial charge in [0.1, 0.15) is 5.54 Å². The van der Waals surface area contributed by atoms with E-state index in [2.05, 4.69) is 19.2 Å². The molecule has 4 heteroatoms. The van der Waals surface area contributed by atoms with E-state index in [1.807, 2.05) is 11.8 Å². The van der Waals surface area contributed by atoms with Crippen LogP contribution >= 0.6 is 0 Å². The van der Waals surface area contributed by atoms with Crippen LogP contribution in [-0.2, 0) is 9.59 Å². The fourth-order valence-corrected chi connectivity index (χ4v) is 3.14. The van der Waals surface area contributed by atoms with Gasteiger partial charge in [0, 0.05) is 19.5 Å². The molecule has 1 aliphatic carbocycles. The molecule has 0 spiro atoms. The monoisotopic (exact) mass is 266 g/mol. The van der Waals surface area contributed by atoms with E-state index in [-0.39, 0.29) is 11.8 Å². The average Bonchev–Trinajstić information content (AvgIpc) is 3.17. The zero-order valence-corrected chi connectivity index (χ0v) is 12.4. The first-order valence-corrected chi connectivity index (χ1v) is 7.57. The molecule has 1 heterocycles. The number of nitrogens with one attached hydrogen (secondary N) is 1. The van der Waals surface area contributed by atoms with Crippen molar-refractivity contribution >= 4 is 11.8 Å². The molecule has 0 radical (unpaired) electrons. The smallest absolute Gasteiger partial charge is 0.248 e. The number of nitrogens with zero attached hydrogens (tertiary/aromatic N) is 1. The van der Waals surface area contributed by atoms with Crippen molar-refractivity contribution in [3.05, 3.63) is 0 Å². The highest BCUT2D eigenvalue weighted by Crippen LogP contribution is 2.41. The molecule has 2 fully saturated rings. The molecule has 4 nitrogen and oxygen atoms in total. The lowest BCUT2D eigenvalue weighted by atomic mass is 9.93. The van der Waals surface area contributed by atoms with Gasteiger partial charge in [-0.15, -0.1) is 0 Å². The predicted molar refractivity (Wildman–Crippen MR) is 74.5 cm³/mol. The van der Waals surface area contributed by atoms with Crippen LogP contribution in [-0.4, -0.2) is 35.3 Å². The molecule has 108 valence electrons. The van der Waals surface area contributed by atoms with E-state index >= 15 is 0 Å². The van der Waals surface area contributed by atoms with E-state index in [0.717, 1.165) is 32.2 Å². The maximum atomic E-state index is 12.7. The Morgan fingerprint density at radius 2 is 2.11 bits per heavy atom. The molecule has 1 saturated heterocycles. The Bertz CT molecular complexity index is 365. The summed E-state index contributed by atoms with van der Waals surface area (Å²) in [6, 6.07) is 0. The Hall–Kier alpha value is -1.06. The predicted octanol–water partition coefficient (Wildman–Crippen LogP) is 1.94. The molecule has 19 heavy (non-hydrogen) atoms. The molecule has 2 atom stereocenters. The molecule has 2 unspecified atom stereocenters. The zero-order valence-electron chi connectivity index (χ0n) is 12.4. The minimum atomic E-state index is -0.653. The van der Waals surface area contributed by atoms with Crippen molar-refractivity contribution in [1.29, 1.82) is 0 Å². The van der Waals surface area contributed by atoms with E-state index in [4.69, 9.17) is 0 Å². The standard InChI is InChI=1S/C15H26N2O2/c1-4-5-11(2)10-17-9-8-13(18)16-15(3,14(17)19)12-6-7-12/h11-12H,4-10H2,1-3H3,(H,16,18). The molecular weight excluding hydrogens is 240 g/mol. The van der Waals surface area contributed by atoms with E-state index in [9.17, 15) is 9.59 Å². The number of carbonyl (C=O) groups excluding carboxylic acids is 2. The van der Waals surface area contributed by atoms with Gasteiger partial charge in [-0.2, -0.15) is 0 Å². The van der Waals surface area contributed by atoms with Gasteiger partial charge in [-0.05, 0) is 38.0 Å². The van der Waals surface area contributed by atoms with Gasteiger partial charge < -0.3 is 10.2 Å². The Morgan fingerprint density at radius 1 is 1.42 bits per heavy atom. The molecule has 0 aromatic carbocycles. The number of amides is 2. The highest BCUT2D eigenvalue weighted by Gasteiger charge is 2.51. The van der Waals surface area contributed by atoms with E-state index in [0.29, 0.717) is 24.8 Å². The van der Waals surface area contributed by atoms with Gasteiger partial charge in [0.25, 0.3) is 0 Å². The molecular formula is C15H26N2O2. The Balaban J connectivity index is 2.10. The van der Waals surface area contributed by atoms with Crippen molar-refractivity contribution in [3.8, 4) is 0 Å². The van der Waals surface area contributed by atoms with Crippen LogP contribution in [0.1, 0.15) is 52.9 Å². The summed E-state index contributed by atoms with van der Waals surface area (Å²) in [4.78, 5) is 26.5. The van der Waals surface area contributed by atoms with Crippen molar-refractivity contribution in [2.24, 2.45) is 11.8 Å². The third-order valence-corrected chi connectivity index (χ3v) is 4.45. The lowest BCUT2D eigenvalue weighted by Crippen LogP contribution is -2.57. The lowest BCUT2D eigenvalue weighted by molar-refractivity contribution is -0.139. The van der Waals surface area contributed by atoms with Gasteiger partial charge in [0.05, 0.1) is 0 Å².